The summed E-state index contributed by atoms with van der Waals surface area (Å²) >= 11 is 0. The van der Waals surface area contributed by atoms with Crippen LogP contribution in [0.25, 0.3) is 33.3 Å². The van der Waals surface area contributed by atoms with Crippen molar-refractivity contribution in [2.24, 2.45) is 0 Å². The zero-order valence-corrected chi connectivity index (χ0v) is 19.2. The number of benzene rings is 2. The van der Waals surface area contributed by atoms with E-state index in [1.807, 2.05) is 55.5 Å². The van der Waals surface area contributed by atoms with E-state index in [0.717, 1.165) is 39.0 Å². The summed E-state index contributed by atoms with van der Waals surface area (Å²) in [6, 6.07) is 14.4. The van der Waals surface area contributed by atoms with Gasteiger partial charge in [0.15, 0.2) is 0 Å². The van der Waals surface area contributed by atoms with E-state index < -0.39 is 5.82 Å². The topological polar surface area (TPSA) is 61.5 Å². The number of methoxy groups -OCH3 is 1. The average molecular weight is 447 g/mol. The lowest BCUT2D eigenvalue weighted by molar-refractivity contribution is 0.0781. The molecule has 2 aromatic carbocycles. The highest BCUT2D eigenvalue weighted by Gasteiger charge is 2.18. The van der Waals surface area contributed by atoms with Crippen LogP contribution in [0.15, 0.2) is 60.9 Å². The molecule has 0 radical (unpaired) electrons. The van der Waals surface area contributed by atoms with Crippen LogP contribution in [-0.4, -0.2) is 67.0 Å². The third-order valence-electron chi connectivity index (χ3n) is 5.69. The molecular formula is C26H27FN4O2. The Hall–Kier alpha value is -3.71. The first-order valence-electron chi connectivity index (χ1n) is 10.7. The minimum absolute atomic E-state index is 0.0490. The van der Waals surface area contributed by atoms with Gasteiger partial charge in [0.2, 0.25) is 0 Å². The Morgan fingerprint density at radius 1 is 1.03 bits per heavy atom. The Morgan fingerprint density at radius 3 is 2.58 bits per heavy atom. The van der Waals surface area contributed by atoms with E-state index >= 15 is 0 Å². The molecule has 0 bridgehead atoms. The molecule has 0 aliphatic rings. The van der Waals surface area contributed by atoms with Gasteiger partial charge in [-0.3, -0.25) is 4.79 Å². The van der Waals surface area contributed by atoms with E-state index in [1.165, 1.54) is 11.0 Å². The molecule has 0 aliphatic heterocycles. The summed E-state index contributed by atoms with van der Waals surface area (Å²) < 4.78 is 20.1. The van der Waals surface area contributed by atoms with Gasteiger partial charge in [-0.05, 0) is 43.9 Å². The summed E-state index contributed by atoms with van der Waals surface area (Å²) in [6.45, 7) is 1.21. The van der Waals surface area contributed by atoms with E-state index in [2.05, 4.69) is 9.97 Å². The molecule has 1 N–H and O–H groups in total. The summed E-state index contributed by atoms with van der Waals surface area (Å²) in [7, 11) is 7.20. The number of likely N-dealkylation sites (N-methyl/N-ethyl adjacent to an activating group) is 2. The number of nitrogens with zero attached hydrogens (tertiary/aromatic N) is 3. The van der Waals surface area contributed by atoms with E-state index in [-0.39, 0.29) is 11.5 Å². The monoisotopic (exact) mass is 446 g/mol. The van der Waals surface area contributed by atoms with Gasteiger partial charge in [0.1, 0.15) is 17.2 Å². The summed E-state index contributed by atoms with van der Waals surface area (Å²) in [6.07, 6.45) is 3.63. The number of aromatic nitrogens is 2. The third-order valence-corrected chi connectivity index (χ3v) is 5.69. The fourth-order valence-electron chi connectivity index (χ4n) is 3.78. The number of carbonyl (C=O) groups is 1. The predicted octanol–water partition coefficient (Wildman–Crippen LogP) is 4.68. The standard InChI is InChI=1S/C26H27FN4O2/c1-30(2)11-12-31(3)26(32)21-13-17(9-10-23(21)27)18-14-20-22(16-29-25(20)28-15-18)19-7-5-6-8-24(19)33-4/h5-10,13-16H,11-12H2,1-4H3,(H,28,29). The van der Waals surface area contributed by atoms with Gasteiger partial charge in [0, 0.05) is 54.6 Å². The molecule has 0 fully saturated rings. The molecule has 0 saturated heterocycles. The first-order valence-corrected chi connectivity index (χ1v) is 10.7. The largest absolute Gasteiger partial charge is 0.496 e. The molecule has 1 amide bonds. The lowest BCUT2D eigenvalue weighted by atomic mass is 10.00. The van der Waals surface area contributed by atoms with E-state index in [9.17, 15) is 9.18 Å². The second-order valence-electron chi connectivity index (χ2n) is 8.25. The molecule has 0 unspecified atom stereocenters. The molecule has 4 aromatic rings. The van der Waals surface area contributed by atoms with E-state index in [4.69, 9.17) is 4.74 Å². The SMILES string of the molecule is COc1ccccc1-c1c[nH]c2ncc(-c3ccc(F)c(C(=O)N(C)CCN(C)C)c3)cc12. The molecule has 7 heteroatoms. The van der Waals surface area contributed by atoms with Crippen LogP contribution in [-0.2, 0) is 0 Å². The first kappa shape index (κ1) is 22.5. The number of carbonyl (C=O) groups excluding carboxylic acids is 1. The quantitative estimate of drug-likeness (QED) is 0.448. The zero-order valence-electron chi connectivity index (χ0n) is 19.2. The van der Waals surface area contributed by atoms with Crippen LogP contribution in [0, 0.1) is 5.82 Å². The van der Waals surface area contributed by atoms with Gasteiger partial charge >= 0.3 is 0 Å². The van der Waals surface area contributed by atoms with Crippen LogP contribution in [0.1, 0.15) is 10.4 Å². The number of ether oxygens (including phenoxy) is 1. The molecule has 0 saturated carbocycles. The number of hydrogen-bond donors (Lipinski definition) is 1. The van der Waals surface area contributed by atoms with Crippen LogP contribution < -0.4 is 4.74 Å². The maximum absolute atomic E-state index is 14.6. The molecular weight excluding hydrogens is 419 g/mol. The number of nitrogens with one attached hydrogen (secondary N) is 1. The molecule has 170 valence electrons. The normalized spacial score (nSPS) is 11.2. The van der Waals surface area contributed by atoms with Gasteiger partial charge < -0.3 is 19.5 Å². The Kier molecular flexibility index (Phi) is 6.42. The minimum Gasteiger partial charge on any atom is -0.496 e. The van der Waals surface area contributed by atoms with Crippen LogP contribution >= 0.6 is 0 Å². The number of para-hydroxylation sites is 1. The predicted molar refractivity (Wildman–Crippen MR) is 129 cm³/mol. The van der Waals surface area contributed by atoms with Crippen molar-refractivity contribution >= 4 is 16.9 Å². The summed E-state index contributed by atoms with van der Waals surface area (Å²) in [5.74, 6) is -0.119. The number of pyridine rings is 1. The lowest BCUT2D eigenvalue weighted by Crippen LogP contribution is -2.33. The van der Waals surface area contributed by atoms with E-state index in [1.54, 1.807) is 32.5 Å². The minimum atomic E-state index is -0.536. The molecule has 6 nitrogen and oxygen atoms in total. The van der Waals surface area contributed by atoms with Gasteiger partial charge in [0.05, 0.1) is 12.7 Å². The van der Waals surface area contributed by atoms with Crippen molar-refractivity contribution in [2.75, 3.05) is 41.3 Å². The van der Waals surface area contributed by atoms with Crippen LogP contribution in [0.4, 0.5) is 4.39 Å². The first-order chi connectivity index (χ1) is 15.9. The van der Waals surface area contributed by atoms with Crippen LogP contribution in [0.2, 0.25) is 0 Å². The fraction of sp³-hybridized carbons (Fsp3) is 0.231. The number of H-pyrrole nitrogens is 1. The maximum Gasteiger partial charge on any atom is 0.256 e. The van der Waals surface area contributed by atoms with Crippen molar-refractivity contribution in [1.82, 2.24) is 19.8 Å². The van der Waals surface area contributed by atoms with Gasteiger partial charge in [-0.2, -0.15) is 0 Å². The molecule has 2 aromatic heterocycles. The van der Waals surface area contributed by atoms with Crippen molar-refractivity contribution in [2.45, 2.75) is 0 Å². The van der Waals surface area contributed by atoms with Crippen LogP contribution in [0.3, 0.4) is 0 Å². The molecule has 33 heavy (non-hydrogen) atoms. The van der Waals surface area contributed by atoms with Crippen molar-refractivity contribution < 1.29 is 13.9 Å². The number of aromatic amines is 1. The average Bonchev–Trinajstić information content (AvgIpc) is 3.25. The summed E-state index contributed by atoms with van der Waals surface area (Å²) in [4.78, 5) is 24.1. The fourth-order valence-corrected chi connectivity index (χ4v) is 3.78. The Bertz CT molecular complexity index is 1300. The second kappa shape index (κ2) is 9.42. The highest BCUT2D eigenvalue weighted by Crippen LogP contribution is 2.36. The van der Waals surface area contributed by atoms with Crippen molar-refractivity contribution in [3.63, 3.8) is 0 Å². The number of rotatable bonds is 7. The molecule has 4 rings (SSSR count). The molecule has 2 heterocycles. The summed E-state index contributed by atoms with van der Waals surface area (Å²) in [5.41, 5.74) is 4.21. The van der Waals surface area contributed by atoms with Crippen molar-refractivity contribution in [1.29, 1.82) is 0 Å². The number of hydrogen-bond acceptors (Lipinski definition) is 4. The van der Waals surface area contributed by atoms with Gasteiger partial charge in [0.25, 0.3) is 5.91 Å². The number of amides is 1. The molecule has 0 spiro atoms. The summed E-state index contributed by atoms with van der Waals surface area (Å²) in [5, 5.41) is 0.914. The van der Waals surface area contributed by atoms with Gasteiger partial charge in [-0.15, -0.1) is 0 Å². The third kappa shape index (κ3) is 4.59. The smallest absolute Gasteiger partial charge is 0.256 e. The number of halogens is 1. The van der Waals surface area contributed by atoms with Gasteiger partial charge in [-0.1, -0.05) is 24.3 Å². The Labute approximate surface area is 192 Å². The highest BCUT2D eigenvalue weighted by molar-refractivity contribution is 5.98. The number of fused-ring (bicyclic) bond motifs is 1. The lowest BCUT2D eigenvalue weighted by Gasteiger charge is -2.20. The maximum atomic E-state index is 14.6. The Morgan fingerprint density at radius 2 is 1.82 bits per heavy atom. The highest BCUT2D eigenvalue weighted by atomic mass is 19.1. The van der Waals surface area contributed by atoms with Crippen LogP contribution in [0.5, 0.6) is 5.75 Å². The van der Waals surface area contributed by atoms with Crippen molar-refractivity contribution in [3.8, 4) is 28.0 Å². The molecule has 0 aliphatic carbocycles. The Balaban J connectivity index is 1.72. The van der Waals surface area contributed by atoms with E-state index in [0.29, 0.717) is 13.1 Å². The van der Waals surface area contributed by atoms with Gasteiger partial charge in [-0.25, -0.2) is 9.37 Å². The second-order valence-corrected chi connectivity index (χ2v) is 8.25. The van der Waals surface area contributed by atoms with Crippen molar-refractivity contribution in [3.05, 3.63) is 72.3 Å². The molecule has 0 atom stereocenters. The zero-order chi connectivity index (χ0) is 23.5.